The Morgan fingerprint density at radius 2 is 1.78 bits per heavy atom. The van der Waals surface area contributed by atoms with Crippen LogP contribution in [0.3, 0.4) is 0 Å². The summed E-state index contributed by atoms with van der Waals surface area (Å²) in [5.74, 6) is -0.0538. The fourth-order valence-corrected chi connectivity index (χ4v) is 3.35. The molecule has 0 heterocycles. The average molecular weight is 396 g/mol. The van der Waals surface area contributed by atoms with Crippen molar-refractivity contribution in [2.45, 2.75) is 0 Å². The third kappa shape index (κ3) is 5.33. The van der Waals surface area contributed by atoms with Crippen molar-refractivity contribution < 1.29 is 27.1 Å². The number of carbonyl (C=O) groups is 1. The van der Waals surface area contributed by atoms with Gasteiger partial charge in [-0.2, -0.15) is 0 Å². The molecule has 0 aliphatic heterocycles. The van der Waals surface area contributed by atoms with Crippen LogP contribution >= 0.6 is 0 Å². The van der Waals surface area contributed by atoms with E-state index in [-0.39, 0.29) is 18.7 Å². The number of ether oxygens (including phenoxy) is 2. The van der Waals surface area contributed by atoms with Crippen LogP contribution < -0.4 is 19.1 Å². The number of rotatable bonds is 8. The predicted octanol–water partition coefficient (Wildman–Crippen LogP) is 2.04. The third-order valence-electron chi connectivity index (χ3n) is 3.76. The molecule has 2 aromatic rings. The maximum absolute atomic E-state index is 12.9. The second-order valence-corrected chi connectivity index (χ2v) is 7.54. The number of anilines is 1. The minimum atomic E-state index is -3.65. The highest BCUT2D eigenvalue weighted by atomic mass is 32.2. The van der Waals surface area contributed by atoms with Gasteiger partial charge in [0.1, 0.15) is 17.3 Å². The fourth-order valence-electron chi connectivity index (χ4n) is 2.43. The molecule has 0 aliphatic rings. The number of nitrogens with zero attached hydrogens (tertiary/aromatic N) is 1. The minimum absolute atomic E-state index is 0.0186. The number of hydrogen-bond acceptors (Lipinski definition) is 5. The van der Waals surface area contributed by atoms with Crippen molar-refractivity contribution in [3.05, 3.63) is 53.8 Å². The summed E-state index contributed by atoms with van der Waals surface area (Å²) in [5, 5.41) is 2.62. The average Bonchev–Trinajstić information content (AvgIpc) is 2.64. The van der Waals surface area contributed by atoms with Gasteiger partial charge < -0.3 is 14.8 Å². The van der Waals surface area contributed by atoms with Crippen LogP contribution in [-0.4, -0.2) is 47.9 Å². The normalized spacial score (nSPS) is 11.0. The van der Waals surface area contributed by atoms with Crippen LogP contribution in [0.25, 0.3) is 0 Å². The van der Waals surface area contributed by atoms with E-state index in [0.29, 0.717) is 17.2 Å². The smallest absolute Gasteiger partial charge is 0.251 e. The van der Waals surface area contributed by atoms with Gasteiger partial charge in [0, 0.05) is 18.2 Å². The highest BCUT2D eigenvalue weighted by molar-refractivity contribution is 7.92. The van der Waals surface area contributed by atoms with Crippen molar-refractivity contribution in [3.8, 4) is 11.5 Å². The Balaban J connectivity index is 2.17. The Labute approximate surface area is 157 Å². The van der Waals surface area contributed by atoms with Crippen LogP contribution in [0, 0.1) is 5.82 Å². The van der Waals surface area contributed by atoms with Gasteiger partial charge in [-0.05, 0) is 36.4 Å². The first-order valence-corrected chi connectivity index (χ1v) is 9.84. The molecule has 0 aromatic heterocycles. The van der Waals surface area contributed by atoms with Crippen LogP contribution in [0.4, 0.5) is 10.1 Å². The molecule has 0 fully saturated rings. The molecule has 1 amide bonds. The monoisotopic (exact) mass is 396 g/mol. The number of methoxy groups -OCH3 is 2. The molecule has 9 heteroatoms. The topological polar surface area (TPSA) is 84.9 Å². The van der Waals surface area contributed by atoms with Crippen LogP contribution in [-0.2, 0) is 10.0 Å². The molecule has 2 rings (SSSR count). The first-order chi connectivity index (χ1) is 12.8. The molecule has 0 saturated heterocycles. The zero-order chi connectivity index (χ0) is 20.0. The van der Waals surface area contributed by atoms with Crippen molar-refractivity contribution in [3.63, 3.8) is 0 Å². The Morgan fingerprint density at radius 3 is 2.33 bits per heavy atom. The number of benzene rings is 2. The predicted molar refractivity (Wildman–Crippen MR) is 100 cm³/mol. The highest BCUT2D eigenvalue weighted by Gasteiger charge is 2.22. The molecule has 27 heavy (non-hydrogen) atoms. The van der Waals surface area contributed by atoms with Crippen molar-refractivity contribution in [1.82, 2.24) is 5.32 Å². The van der Waals surface area contributed by atoms with E-state index in [0.717, 1.165) is 10.6 Å². The molecule has 7 nitrogen and oxygen atoms in total. The van der Waals surface area contributed by atoms with E-state index in [1.54, 1.807) is 18.2 Å². The molecule has 1 N–H and O–H groups in total. The van der Waals surface area contributed by atoms with E-state index in [4.69, 9.17) is 9.47 Å². The summed E-state index contributed by atoms with van der Waals surface area (Å²) in [6.45, 7) is 0.0267. The summed E-state index contributed by atoms with van der Waals surface area (Å²) in [4.78, 5) is 12.1. The van der Waals surface area contributed by atoms with Gasteiger partial charge in [-0.1, -0.05) is 0 Å². The van der Waals surface area contributed by atoms with Gasteiger partial charge in [-0.15, -0.1) is 0 Å². The standard InChI is InChI=1S/C18H21FN2O5S/c1-25-15-8-9-17(26-2)16(12-15)21(27(3,23)24)11-10-20-18(22)13-4-6-14(19)7-5-13/h4-9,12H,10-11H2,1-3H3,(H,20,22). The Kier molecular flexibility index (Phi) is 6.62. The van der Waals surface area contributed by atoms with E-state index in [1.807, 2.05) is 0 Å². The molecule has 0 spiro atoms. The van der Waals surface area contributed by atoms with Crippen molar-refractivity contribution in [2.24, 2.45) is 0 Å². The number of carbonyl (C=O) groups excluding carboxylic acids is 1. The van der Waals surface area contributed by atoms with Crippen molar-refractivity contribution >= 4 is 21.6 Å². The van der Waals surface area contributed by atoms with Gasteiger partial charge in [-0.25, -0.2) is 12.8 Å². The van der Waals surface area contributed by atoms with Crippen LogP contribution in [0.2, 0.25) is 0 Å². The largest absolute Gasteiger partial charge is 0.497 e. The second kappa shape index (κ2) is 8.72. The number of nitrogens with one attached hydrogen (secondary N) is 1. The Bertz CT molecular complexity index is 900. The van der Waals surface area contributed by atoms with Gasteiger partial charge in [0.15, 0.2) is 0 Å². The quantitative estimate of drug-likeness (QED) is 0.738. The number of sulfonamides is 1. The first-order valence-electron chi connectivity index (χ1n) is 7.99. The van der Waals surface area contributed by atoms with Gasteiger partial charge in [-0.3, -0.25) is 9.10 Å². The third-order valence-corrected chi connectivity index (χ3v) is 4.94. The van der Waals surface area contributed by atoms with Gasteiger partial charge in [0.25, 0.3) is 5.91 Å². The molecule has 0 radical (unpaired) electrons. The number of hydrogen-bond donors (Lipinski definition) is 1. The maximum Gasteiger partial charge on any atom is 0.251 e. The van der Waals surface area contributed by atoms with E-state index in [1.165, 1.54) is 38.5 Å². The second-order valence-electron chi connectivity index (χ2n) is 5.64. The summed E-state index contributed by atoms with van der Waals surface area (Å²) < 4.78 is 49.0. The molecular weight excluding hydrogens is 375 g/mol. The molecular formula is C18H21FN2O5S. The van der Waals surface area contributed by atoms with Crippen LogP contribution in [0.15, 0.2) is 42.5 Å². The van der Waals surface area contributed by atoms with Crippen LogP contribution in [0.1, 0.15) is 10.4 Å². The molecule has 2 aromatic carbocycles. The Morgan fingerprint density at radius 1 is 1.11 bits per heavy atom. The molecule has 0 bridgehead atoms. The van der Waals surface area contributed by atoms with Crippen molar-refractivity contribution in [1.29, 1.82) is 0 Å². The summed E-state index contributed by atoms with van der Waals surface area (Å²) >= 11 is 0. The summed E-state index contributed by atoms with van der Waals surface area (Å²) in [6, 6.07) is 9.86. The lowest BCUT2D eigenvalue weighted by Crippen LogP contribution is -2.38. The van der Waals surface area contributed by atoms with Gasteiger partial charge in [0.2, 0.25) is 10.0 Å². The summed E-state index contributed by atoms with van der Waals surface area (Å²) in [5.41, 5.74) is 0.580. The van der Waals surface area contributed by atoms with E-state index in [2.05, 4.69) is 5.32 Å². The lowest BCUT2D eigenvalue weighted by atomic mass is 10.2. The highest BCUT2D eigenvalue weighted by Crippen LogP contribution is 2.33. The molecule has 0 saturated carbocycles. The summed E-state index contributed by atoms with van der Waals surface area (Å²) in [7, 11) is -0.743. The molecule has 0 unspecified atom stereocenters. The van der Waals surface area contributed by atoms with Gasteiger partial charge >= 0.3 is 0 Å². The SMILES string of the molecule is COc1ccc(OC)c(N(CCNC(=O)c2ccc(F)cc2)S(C)(=O)=O)c1. The fraction of sp³-hybridized carbons (Fsp3) is 0.278. The van der Waals surface area contributed by atoms with E-state index < -0.39 is 21.7 Å². The minimum Gasteiger partial charge on any atom is -0.497 e. The number of amides is 1. The van der Waals surface area contributed by atoms with Crippen molar-refractivity contribution in [2.75, 3.05) is 37.9 Å². The van der Waals surface area contributed by atoms with E-state index >= 15 is 0 Å². The molecule has 0 aliphatic carbocycles. The van der Waals surface area contributed by atoms with Crippen LogP contribution in [0.5, 0.6) is 11.5 Å². The zero-order valence-electron chi connectivity index (χ0n) is 15.2. The maximum atomic E-state index is 12.9. The summed E-state index contributed by atoms with van der Waals surface area (Å²) in [6.07, 6.45) is 1.06. The lowest BCUT2D eigenvalue weighted by Gasteiger charge is -2.24. The van der Waals surface area contributed by atoms with E-state index in [9.17, 15) is 17.6 Å². The first kappa shape index (κ1) is 20.5. The van der Waals surface area contributed by atoms with Gasteiger partial charge in [0.05, 0.1) is 32.7 Å². The Hall–Kier alpha value is -2.81. The lowest BCUT2D eigenvalue weighted by molar-refractivity contribution is 0.0955. The molecule has 146 valence electrons. The zero-order valence-corrected chi connectivity index (χ0v) is 16.0. The molecule has 0 atom stereocenters. The number of halogens is 1.